The van der Waals surface area contributed by atoms with Gasteiger partial charge >= 0.3 is 0 Å². The minimum atomic E-state index is -0.170. The highest BCUT2D eigenvalue weighted by atomic mass is 15.2. The molecule has 103 heavy (non-hydrogen) atoms. The number of hydrogen-bond donors (Lipinski definition) is 0. The molecule has 0 radical (unpaired) electrons. The van der Waals surface area contributed by atoms with Gasteiger partial charge in [0.25, 0.3) is 26.9 Å². The lowest BCUT2D eigenvalue weighted by atomic mass is 9.27. The maximum absolute atomic E-state index is 2.68. The third-order valence-corrected chi connectivity index (χ3v) is 23.3. The topological polar surface area (TPSA) is 22.7 Å². The summed E-state index contributed by atoms with van der Waals surface area (Å²) in [7, 11) is 0. The minimum absolute atomic E-state index is 0.0913. The second-order valence-electron chi connectivity index (χ2n) is 28.8. The van der Waals surface area contributed by atoms with Gasteiger partial charge in [0, 0.05) is 119 Å². The molecule has 476 valence electrons. The van der Waals surface area contributed by atoms with Gasteiger partial charge in [0.15, 0.2) is 0 Å². The van der Waals surface area contributed by atoms with Gasteiger partial charge in [0.2, 0.25) is 0 Å². The zero-order valence-corrected chi connectivity index (χ0v) is 56.7. The number of rotatable bonds is 6. The van der Waals surface area contributed by atoms with Crippen LogP contribution in [0.4, 0.5) is 119 Å². The molecule has 11 heteroatoms. The summed E-state index contributed by atoms with van der Waals surface area (Å²) in [6.07, 6.45) is 0. The van der Waals surface area contributed by atoms with Crippen molar-refractivity contribution in [1.29, 1.82) is 0 Å². The molecule has 7 nitrogen and oxygen atoms in total. The number of nitrogens with zero attached hydrogens (tertiary/aromatic N) is 7. The molecule has 0 saturated carbocycles. The van der Waals surface area contributed by atoms with Crippen molar-refractivity contribution in [2.45, 2.75) is 13.8 Å². The average molecular weight is 1310 g/mol. The molecule has 0 amide bonds. The van der Waals surface area contributed by atoms with Crippen molar-refractivity contribution < 1.29 is 0 Å². The second-order valence-corrected chi connectivity index (χ2v) is 28.8. The summed E-state index contributed by atoms with van der Waals surface area (Å²) < 4.78 is 0. The van der Waals surface area contributed by atoms with E-state index in [0.29, 0.717) is 0 Å². The fourth-order valence-electron chi connectivity index (χ4n) is 19.6. The maximum Gasteiger partial charge on any atom is 0.252 e. The van der Waals surface area contributed by atoms with Crippen LogP contribution in [0.25, 0.3) is 0 Å². The molecule has 0 aromatic heterocycles. The van der Waals surface area contributed by atoms with Crippen molar-refractivity contribution in [3.8, 4) is 0 Å². The van der Waals surface area contributed by atoms with Gasteiger partial charge in [0.05, 0.1) is 0 Å². The number of benzene rings is 15. The molecule has 0 N–H and O–H groups in total. The third-order valence-electron chi connectivity index (χ3n) is 23.3. The first-order chi connectivity index (χ1) is 51.0. The zero-order valence-electron chi connectivity index (χ0n) is 56.7. The molecule has 15 aromatic carbocycles. The van der Waals surface area contributed by atoms with E-state index >= 15 is 0 Å². The van der Waals surface area contributed by atoms with E-state index in [-0.39, 0.29) is 26.9 Å². The summed E-state index contributed by atoms with van der Waals surface area (Å²) in [5.41, 5.74) is 42.7. The highest BCUT2D eigenvalue weighted by Crippen LogP contribution is 2.54. The first-order valence-corrected chi connectivity index (χ1v) is 36.1. The van der Waals surface area contributed by atoms with Crippen LogP contribution in [0, 0.1) is 13.8 Å². The van der Waals surface area contributed by atoms with E-state index in [1.807, 2.05) is 0 Å². The van der Waals surface area contributed by atoms with Gasteiger partial charge in [-0.25, -0.2) is 0 Å². The molecular weight excluding hydrogens is 1250 g/mol. The third kappa shape index (κ3) is 7.77. The molecule has 0 unspecified atom stereocenters. The molecule has 0 bridgehead atoms. The summed E-state index contributed by atoms with van der Waals surface area (Å²) in [6, 6.07) is 127. The Kier molecular flexibility index (Phi) is 11.8. The predicted molar refractivity (Wildman–Crippen MR) is 437 cm³/mol. The fourth-order valence-corrected chi connectivity index (χ4v) is 19.6. The van der Waals surface area contributed by atoms with E-state index < -0.39 is 0 Å². The summed E-state index contributed by atoms with van der Waals surface area (Å²) in [4.78, 5) is 18.2. The van der Waals surface area contributed by atoms with E-state index in [2.05, 4.69) is 382 Å². The zero-order chi connectivity index (χ0) is 67.4. The van der Waals surface area contributed by atoms with Crippen LogP contribution in [0.5, 0.6) is 0 Å². The Morgan fingerprint density at radius 2 is 0.369 bits per heavy atom. The molecule has 0 aliphatic carbocycles. The lowest BCUT2D eigenvalue weighted by molar-refractivity contribution is 1.21. The number of fused-ring (bicyclic) bond motifs is 18. The van der Waals surface area contributed by atoms with Crippen molar-refractivity contribution in [1.82, 2.24) is 0 Å². The number of aryl methyl sites for hydroxylation is 2. The monoisotopic (exact) mass is 1310 g/mol. The van der Waals surface area contributed by atoms with Gasteiger partial charge in [-0.3, -0.25) is 0 Å². The van der Waals surface area contributed by atoms with Crippen LogP contribution in [0.2, 0.25) is 0 Å². The minimum Gasteiger partial charge on any atom is -0.312 e. The molecule has 0 fully saturated rings. The van der Waals surface area contributed by atoms with E-state index in [0.717, 1.165) is 34.1 Å². The molecular formula is C92H61B4N7. The van der Waals surface area contributed by atoms with E-state index in [4.69, 9.17) is 0 Å². The van der Waals surface area contributed by atoms with Gasteiger partial charge in [0.1, 0.15) is 0 Å². The summed E-state index contributed by atoms with van der Waals surface area (Å²) in [6.45, 7) is 4.01. The van der Waals surface area contributed by atoms with Crippen LogP contribution in [-0.2, 0) is 0 Å². The number of para-hydroxylation sites is 10. The summed E-state index contributed by atoms with van der Waals surface area (Å²) in [5, 5.41) is 0. The Morgan fingerprint density at radius 3 is 0.641 bits per heavy atom. The number of hydrogen-bond acceptors (Lipinski definition) is 7. The predicted octanol–water partition coefficient (Wildman–Crippen LogP) is 15.2. The summed E-state index contributed by atoms with van der Waals surface area (Å²) >= 11 is 0. The van der Waals surface area contributed by atoms with Crippen molar-refractivity contribution in [3.63, 3.8) is 0 Å². The molecule has 8 heterocycles. The SMILES string of the molecule is Cc1cc2c3c(c1)N(c1ccccc1)c1cc4c(cc1B3c1ccccc1N2c1ccccc1)B1c2ccccc2N2c3ccccc3B3c5cc6c(cc5N(c5ccccc5)c5cc(c1c2c53)N4c1ccccc1)N(c1ccccc1)c1cc(C)cc2c1B6c1ccccc1N2c1ccccc1. The largest absolute Gasteiger partial charge is 0.312 e. The second kappa shape index (κ2) is 21.3. The lowest BCUT2D eigenvalue weighted by Gasteiger charge is -2.52. The Morgan fingerprint density at radius 1 is 0.165 bits per heavy atom. The first kappa shape index (κ1) is 57.0. The lowest BCUT2D eigenvalue weighted by Crippen LogP contribution is -2.70. The van der Waals surface area contributed by atoms with E-state index in [1.165, 1.54) is 162 Å². The van der Waals surface area contributed by atoms with Crippen LogP contribution >= 0.6 is 0 Å². The quantitative estimate of drug-likeness (QED) is 0.153. The smallest absolute Gasteiger partial charge is 0.252 e. The Bertz CT molecular complexity index is 5750. The molecule has 0 spiro atoms. The Balaban J connectivity index is 0.829. The van der Waals surface area contributed by atoms with Crippen molar-refractivity contribution >= 4 is 212 Å². The normalized spacial score (nSPS) is 14.3. The van der Waals surface area contributed by atoms with Crippen LogP contribution in [-0.4, -0.2) is 26.9 Å². The van der Waals surface area contributed by atoms with Crippen LogP contribution in [0.15, 0.2) is 334 Å². The molecule has 0 saturated heterocycles. The van der Waals surface area contributed by atoms with E-state index in [1.54, 1.807) is 0 Å². The Hall–Kier alpha value is -12.8. The number of anilines is 21. The average Bonchev–Trinajstić information content (AvgIpc) is 0.665. The molecule has 15 aromatic rings. The first-order valence-electron chi connectivity index (χ1n) is 36.1. The van der Waals surface area contributed by atoms with Crippen LogP contribution in [0.3, 0.4) is 0 Å². The summed E-state index contributed by atoms with van der Waals surface area (Å²) in [5.74, 6) is 0. The van der Waals surface area contributed by atoms with Gasteiger partial charge in [-0.1, -0.05) is 194 Å². The fraction of sp³-hybridized carbons (Fsp3) is 0.0217. The standard InChI is InChI=1S/C92H61B4N7/c1-58-49-82-88-84(51-58)99(62-33-13-5-14-34-62)78-55-80-72(53-70(78)93(88)66-41-21-25-45-74(66)97(82)60-29-9-3-10-30-60)95-68-43-23-27-47-76(68)103-77-48-28-24-44-69(77)96-73-54-71-79(56-81(73)102(65-39-19-8-20-40-65)87-57-86(90(95)92(103)91(87)96)101(80)64-37-17-7-18-38-64)100(63-35-15-6-16-36-63)85-52-59(2)50-83-89(85)94(71)67-42-22-26-46-75(67)98(83)61-31-11-4-12-32-61/h3-57H,1-2H3. The van der Waals surface area contributed by atoms with Gasteiger partial charge < -0.3 is 34.3 Å². The van der Waals surface area contributed by atoms with Crippen molar-refractivity contribution in [2.75, 3.05) is 34.3 Å². The molecule has 23 rings (SSSR count). The highest BCUT2D eigenvalue weighted by Gasteiger charge is 2.55. The van der Waals surface area contributed by atoms with Crippen molar-refractivity contribution in [2.24, 2.45) is 0 Å². The van der Waals surface area contributed by atoms with Gasteiger partial charge in [-0.2, -0.15) is 0 Å². The maximum atomic E-state index is 2.68. The van der Waals surface area contributed by atoms with Gasteiger partial charge in [-0.05, 0) is 230 Å². The molecule has 8 aliphatic heterocycles. The van der Waals surface area contributed by atoms with Crippen molar-refractivity contribution in [3.05, 3.63) is 345 Å². The van der Waals surface area contributed by atoms with E-state index in [9.17, 15) is 0 Å². The molecule has 8 aliphatic rings. The van der Waals surface area contributed by atoms with Gasteiger partial charge in [-0.15, -0.1) is 0 Å². The van der Waals surface area contributed by atoms with Crippen LogP contribution in [0.1, 0.15) is 11.1 Å². The Labute approximate surface area is 601 Å². The van der Waals surface area contributed by atoms with Crippen LogP contribution < -0.4 is 99.9 Å². The highest BCUT2D eigenvalue weighted by molar-refractivity contribution is 7.07. The molecule has 0 atom stereocenters.